The summed E-state index contributed by atoms with van der Waals surface area (Å²) < 4.78 is 40.3. The first kappa shape index (κ1) is 23.8. The molecule has 0 spiro atoms. The highest BCUT2D eigenvalue weighted by atomic mass is 32.2. The van der Waals surface area contributed by atoms with E-state index >= 15 is 0 Å². The van der Waals surface area contributed by atoms with Crippen molar-refractivity contribution in [2.45, 2.75) is 24.7 Å². The lowest BCUT2D eigenvalue weighted by Gasteiger charge is -2.25. The highest BCUT2D eigenvalue weighted by Gasteiger charge is 2.33. The van der Waals surface area contributed by atoms with Gasteiger partial charge in [0.25, 0.3) is 10.1 Å². The highest BCUT2D eigenvalue weighted by molar-refractivity contribution is 7.86. The molecule has 1 unspecified atom stereocenters. The Hall–Kier alpha value is -2.51. The predicted octanol–water partition coefficient (Wildman–Crippen LogP) is 4.72. The van der Waals surface area contributed by atoms with Crippen LogP contribution in [0.5, 0.6) is 0 Å². The smallest absolute Gasteiger partial charge is 0.270 e. The third-order valence-electron chi connectivity index (χ3n) is 4.98. The topological polar surface area (TPSA) is 98.6 Å². The van der Waals surface area contributed by atoms with E-state index in [4.69, 9.17) is 4.74 Å². The van der Waals surface area contributed by atoms with E-state index in [1.165, 1.54) is 0 Å². The molecule has 3 aromatic rings. The van der Waals surface area contributed by atoms with E-state index < -0.39 is 15.4 Å². The van der Waals surface area contributed by atoms with Crippen LogP contribution in [-0.2, 0) is 34.3 Å². The molecule has 0 bridgehead atoms. The molecule has 3 aromatic carbocycles. The molecule has 5 nitrogen and oxygen atoms in total. The van der Waals surface area contributed by atoms with Crippen LogP contribution in [0.15, 0.2) is 91.0 Å². The van der Waals surface area contributed by atoms with Crippen molar-refractivity contribution in [2.75, 3.05) is 6.61 Å². The van der Waals surface area contributed by atoms with Crippen LogP contribution in [0.3, 0.4) is 0 Å². The van der Waals surface area contributed by atoms with Gasteiger partial charge >= 0.3 is 0 Å². The summed E-state index contributed by atoms with van der Waals surface area (Å²) in [6, 6.07) is 29.1. The molecule has 0 heterocycles. The monoisotopic (exact) mass is 427 g/mol. The Morgan fingerprint density at radius 2 is 1.10 bits per heavy atom. The Morgan fingerprint density at radius 3 is 1.50 bits per heavy atom. The molecule has 0 amide bonds. The van der Waals surface area contributed by atoms with E-state index in [1.807, 2.05) is 91.0 Å². The second kappa shape index (κ2) is 11.6. The molecule has 0 radical (unpaired) electrons. The van der Waals surface area contributed by atoms with Gasteiger partial charge in [0.2, 0.25) is 0 Å². The molecule has 0 aliphatic heterocycles. The van der Waals surface area contributed by atoms with Crippen LogP contribution in [0.4, 0.5) is 0 Å². The van der Waals surface area contributed by atoms with E-state index in [0.717, 1.165) is 16.7 Å². The molecular weight excluding hydrogens is 398 g/mol. The third kappa shape index (κ3) is 7.39. The maximum absolute atomic E-state index is 12.3. The summed E-state index contributed by atoms with van der Waals surface area (Å²) in [7, 11) is -4.28. The van der Waals surface area contributed by atoms with Gasteiger partial charge in [0, 0.05) is 0 Å². The van der Waals surface area contributed by atoms with E-state index in [0.29, 0.717) is 19.4 Å². The highest BCUT2D eigenvalue weighted by Crippen LogP contribution is 2.23. The standard InChI is InChI=1S/C24H26O4S.H3N/c25-29(26,27)24(19-28-18-22-14-8-3-9-15-22)23(16-20-10-4-1-5-11-20)17-21-12-6-2-7-13-21;/h1-15,23-24H,16-19H2,(H,25,26,27);1H3. The Bertz CT molecular complexity index is 922. The van der Waals surface area contributed by atoms with Crippen molar-refractivity contribution in [2.24, 2.45) is 5.92 Å². The molecule has 1 atom stereocenters. The molecule has 0 aliphatic rings. The number of rotatable bonds is 10. The Kier molecular flexibility index (Phi) is 9.20. The van der Waals surface area contributed by atoms with Crippen molar-refractivity contribution >= 4 is 10.1 Å². The minimum Gasteiger partial charge on any atom is -0.375 e. The fourth-order valence-corrected chi connectivity index (χ4v) is 4.45. The van der Waals surface area contributed by atoms with Crippen molar-refractivity contribution in [1.82, 2.24) is 6.15 Å². The Labute approximate surface area is 179 Å². The molecule has 0 saturated carbocycles. The number of benzene rings is 3. The van der Waals surface area contributed by atoms with Crippen molar-refractivity contribution in [3.05, 3.63) is 108 Å². The average molecular weight is 428 g/mol. The number of hydrogen-bond acceptors (Lipinski definition) is 4. The van der Waals surface area contributed by atoms with E-state index in [9.17, 15) is 13.0 Å². The quantitative estimate of drug-likeness (QED) is 0.456. The van der Waals surface area contributed by atoms with Crippen molar-refractivity contribution in [3.8, 4) is 0 Å². The minimum absolute atomic E-state index is 0. The lowest BCUT2D eigenvalue weighted by molar-refractivity contribution is 0.107. The molecule has 4 N–H and O–H groups in total. The summed E-state index contributed by atoms with van der Waals surface area (Å²) in [5.41, 5.74) is 3.03. The fraction of sp³-hybridized carbons (Fsp3) is 0.250. The summed E-state index contributed by atoms with van der Waals surface area (Å²) >= 11 is 0. The maximum Gasteiger partial charge on any atom is 0.270 e. The first-order chi connectivity index (χ1) is 14.0. The first-order valence-corrected chi connectivity index (χ1v) is 11.2. The summed E-state index contributed by atoms with van der Waals surface area (Å²) in [4.78, 5) is 0. The Balaban J connectivity index is 0.00000320. The van der Waals surface area contributed by atoms with Gasteiger partial charge in [-0.05, 0) is 35.4 Å². The second-order valence-electron chi connectivity index (χ2n) is 7.19. The van der Waals surface area contributed by atoms with Gasteiger partial charge in [-0.1, -0.05) is 91.0 Å². The van der Waals surface area contributed by atoms with E-state index in [-0.39, 0.29) is 18.7 Å². The van der Waals surface area contributed by atoms with Crippen LogP contribution in [-0.4, -0.2) is 24.8 Å². The van der Waals surface area contributed by atoms with Gasteiger partial charge in [-0.25, -0.2) is 0 Å². The fourth-order valence-electron chi connectivity index (χ4n) is 3.50. The zero-order valence-electron chi connectivity index (χ0n) is 16.9. The summed E-state index contributed by atoms with van der Waals surface area (Å²) in [6.07, 6.45) is 1.07. The predicted molar refractivity (Wildman–Crippen MR) is 120 cm³/mol. The number of hydrogen-bond donors (Lipinski definition) is 2. The van der Waals surface area contributed by atoms with Gasteiger partial charge in [-0.3, -0.25) is 4.55 Å². The van der Waals surface area contributed by atoms with Gasteiger partial charge in [-0.15, -0.1) is 0 Å². The molecular formula is C24H29NO4S. The van der Waals surface area contributed by atoms with Crippen molar-refractivity contribution < 1.29 is 17.7 Å². The van der Waals surface area contributed by atoms with Gasteiger partial charge < -0.3 is 10.9 Å². The summed E-state index contributed by atoms with van der Waals surface area (Å²) in [5.74, 6) is -0.314. The van der Waals surface area contributed by atoms with E-state index in [1.54, 1.807) is 0 Å². The van der Waals surface area contributed by atoms with Crippen molar-refractivity contribution in [1.29, 1.82) is 0 Å². The van der Waals surface area contributed by atoms with Crippen LogP contribution in [0, 0.1) is 5.92 Å². The van der Waals surface area contributed by atoms with Gasteiger partial charge in [-0.2, -0.15) is 8.42 Å². The zero-order chi connectivity index (χ0) is 20.5. The summed E-state index contributed by atoms with van der Waals surface area (Å²) in [5, 5.41) is -1.01. The summed E-state index contributed by atoms with van der Waals surface area (Å²) in [6.45, 7) is 0.244. The molecule has 0 saturated heterocycles. The van der Waals surface area contributed by atoms with Gasteiger partial charge in [0.1, 0.15) is 5.25 Å². The van der Waals surface area contributed by atoms with E-state index in [2.05, 4.69) is 0 Å². The maximum atomic E-state index is 12.3. The van der Waals surface area contributed by atoms with Crippen LogP contribution in [0.2, 0.25) is 0 Å². The Morgan fingerprint density at radius 1 is 0.700 bits per heavy atom. The number of ether oxygens (including phenoxy) is 1. The van der Waals surface area contributed by atoms with Crippen LogP contribution in [0.1, 0.15) is 16.7 Å². The zero-order valence-corrected chi connectivity index (χ0v) is 17.7. The lowest BCUT2D eigenvalue weighted by atomic mass is 9.90. The molecule has 3 rings (SSSR count). The minimum atomic E-state index is -4.28. The molecule has 160 valence electrons. The van der Waals surface area contributed by atoms with Crippen LogP contribution in [0.25, 0.3) is 0 Å². The largest absolute Gasteiger partial charge is 0.375 e. The molecule has 0 aliphatic carbocycles. The normalized spacial score (nSPS) is 12.3. The van der Waals surface area contributed by atoms with Crippen molar-refractivity contribution in [3.63, 3.8) is 0 Å². The second-order valence-corrected chi connectivity index (χ2v) is 8.83. The van der Waals surface area contributed by atoms with Gasteiger partial charge in [0.15, 0.2) is 0 Å². The third-order valence-corrected chi connectivity index (χ3v) is 6.27. The van der Waals surface area contributed by atoms with Crippen LogP contribution >= 0.6 is 0 Å². The lowest BCUT2D eigenvalue weighted by Crippen LogP contribution is -2.36. The van der Waals surface area contributed by atoms with Crippen LogP contribution < -0.4 is 6.15 Å². The molecule has 0 aromatic heterocycles. The molecule has 6 heteroatoms. The molecule has 30 heavy (non-hydrogen) atoms. The van der Waals surface area contributed by atoms with Gasteiger partial charge in [0.05, 0.1) is 13.2 Å². The average Bonchev–Trinajstić information content (AvgIpc) is 2.72. The SMILES string of the molecule is N.O=S(=O)(O)C(COCc1ccccc1)C(Cc1ccccc1)Cc1ccccc1. The first-order valence-electron chi connectivity index (χ1n) is 9.68. The molecule has 0 fully saturated rings.